The van der Waals surface area contributed by atoms with E-state index in [4.69, 9.17) is 4.99 Å². The standard InChI is InChI=1S/C26H33N3S/c1-5-22-15-17-24(16-14-20(22)2)30(18-19-30)21(3)27-26-13-9-12-25(29(4)28-26)23-10-7-6-8-11-23/h6-12,14,16-17,25H,3,5,13,15,18-19H2,1-2,4H3,(H,27,28). The lowest BCUT2D eigenvalue weighted by Crippen LogP contribution is -2.39. The zero-order chi connectivity index (χ0) is 21.1. The summed E-state index contributed by atoms with van der Waals surface area (Å²) in [6.45, 7) is 8.94. The van der Waals surface area contributed by atoms with Gasteiger partial charge in [-0.25, -0.2) is 10.0 Å². The van der Waals surface area contributed by atoms with Crippen LogP contribution in [0.5, 0.6) is 0 Å². The molecule has 3 aliphatic rings. The number of nitrogens with zero attached hydrogens (tertiary/aromatic N) is 2. The monoisotopic (exact) mass is 419 g/mol. The van der Waals surface area contributed by atoms with E-state index in [-0.39, 0.29) is 6.04 Å². The maximum atomic E-state index is 5.04. The summed E-state index contributed by atoms with van der Waals surface area (Å²) in [5.74, 6) is 3.42. The van der Waals surface area contributed by atoms with E-state index in [0.29, 0.717) is 0 Å². The number of hydrogen-bond acceptors (Lipinski definition) is 2. The summed E-state index contributed by atoms with van der Waals surface area (Å²) in [4.78, 5) is 6.51. The van der Waals surface area contributed by atoms with Crippen molar-refractivity contribution in [2.45, 2.75) is 39.2 Å². The van der Waals surface area contributed by atoms with E-state index in [1.54, 1.807) is 0 Å². The van der Waals surface area contributed by atoms with Crippen molar-refractivity contribution >= 4 is 15.9 Å². The molecule has 0 aromatic heterocycles. The summed E-state index contributed by atoms with van der Waals surface area (Å²) in [7, 11) is 1.08. The lowest BCUT2D eigenvalue weighted by Gasteiger charge is -2.27. The Morgan fingerprint density at radius 3 is 2.67 bits per heavy atom. The molecule has 2 heterocycles. The zero-order valence-corrected chi connectivity index (χ0v) is 19.2. The van der Waals surface area contributed by atoms with Crippen LogP contribution in [0.3, 0.4) is 0 Å². The Kier molecular flexibility index (Phi) is 6.16. The second kappa shape index (κ2) is 8.83. The molecule has 30 heavy (non-hydrogen) atoms. The largest absolute Gasteiger partial charge is 0.306 e. The van der Waals surface area contributed by atoms with Gasteiger partial charge in [-0.05, 0) is 47.8 Å². The molecule has 1 aliphatic carbocycles. The van der Waals surface area contributed by atoms with Crippen molar-refractivity contribution in [3.63, 3.8) is 0 Å². The molecule has 3 nitrogen and oxygen atoms in total. The van der Waals surface area contributed by atoms with Crippen LogP contribution >= 0.6 is 10.0 Å². The van der Waals surface area contributed by atoms with Gasteiger partial charge in [-0.1, -0.05) is 79.3 Å². The fraction of sp³-hybridized carbons (Fsp3) is 0.346. The molecule has 1 saturated heterocycles. The van der Waals surface area contributed by atoms with E-state index < -0.39 is 10.0 Å². The van der Waals surface area contributed by atoms with E-state index in [2.05, 4.69) is 98.6 Å². The van der Waals surface area contributed by atoms with Crippen molar-refractivity contribution in [1.82, 2.24) is 10.4 Å². The number of nitrogens with one attached hydrogen (secondary N) is 1. The molecule has 4 rings (SSSR count). The molecule has 1 unspecified atom stereocenters. The quantitative estimate of drug-likeness (QED) is 0.443. The molecule has 1 atom stereocenters. The van der Waals surface area contributed by atoms with Gasteiger partial charge in [-0.2, -0.15) is 10.0 Å². The highest BCUT2D eigenvalue weighted by Gasteiger charge is 2.42. The van der Waals surface area contributed by atoms with Gasteiger partial charge in [0.25, 0.3) is 0 Å². The van der Waals surface area contributed by atoms with Gasteiger partial charge in [-0.3, -0.25) is 0 Å². The van der Waals surface area contributed by atoms with Crippen LogP contribution in [-0.4, -0.2) is 29.4 Å². The van der Waals surface area contributed by atoms with Crippen LogP contribution in [0.25, 0.3) is 0 Å². The van der Waals surface area contributed by atoms with Crippen molar-refractivity contribution in [3.05, 3.63) is 93.9 Å². The summed E-state index contributed by atoms with van der Waals surface area (Å²) < 4.78 is 0. The third-order valence-electron chi connectivity index (χ3n) is 6.30. The van der Waals surface area contributed by atoms with Gasteiger partial charge in [0.05, 0.1) is 11.1 Å². The second-order valence-electron chi connectivity index (χ2n) is 8.24. The fourth-order valence-corrected chi connectivity index (χ4v) is 7.13. The fourth-order valence-electron chi connectivity index (χ4n) is 4.23. The van der Waals surface area contributed by atoms with Gasteiger partial charge < -0.3 is 5.43 Å². The number of likely N-dealkylation sites (N-methyl/N-ethyl adjacent to an activating group) is 1. The Morgan fingerprint density at radius 2 is 1.97 bits per heavy atom. The minimum Gasteiger partial charge on any atom is -0.306 e. The lowest BCUT2D eigenvalue weighted by atomic mass is 10.1. The normalized spacial score (nSPS) is 25.9. The Labute approximate surface area is 182 Å². The molecular formula is C26H33N3S. The van der Waals surface area contributed by atoms with Gasteiger partial charge >= 0.3 is 0 Å². The number of rotatable bonds is 5. The summed E-state index contributed by atoms with van der Waals surface area (Å²) in [6, 6.07) is 10.8. The SMILES string of the molecule is C=C(N=C1CC=CC(c2ccccc2)N(C)N1)S1(C2=CCC(CC)=C(C)C=C2)CC1. The predicted octanol–water partition coefficient (Wildman–Crippen LogP) is 6.38. The van der Waals surface area contributed by atoms with Crippen LogP contribution in [0.1, 0.15) is 44.7 Å². The first-order valence-electron chi connectivity index (χ1n) is 10.9. The van der Waals surface area contributed by atoms with Crippen LogP contribution in [0.2, 0.25) is 0 Å². The number of hydrogen-bond donors (Lipinski definition) is 1. The van der Waals surface area contributed by atoms with Gasteiger partial charge in [0.15, 0.2) is 0 Å². The minimum absolute atomic E-state index is 0.198. The maximum absolute atomic E-state index is 5.04. The Hall–Kier alpha value is -2.30. The topological polar surface area (TPSA) is 27.6 Å². The average molecular weight is 420 g/mol. The zero-order valence-electron chi connectivity index (χ0n) is 18.4. The number of hydrazine groups is 1. The lowest BCUT2D eigenvalue weighted by molar-refractivity contribution is 0.247. The smallest absolute Gasteiger partial charge is 0.121 e. The molecule has 1 N–H and O–H groups in total. The molecule has 1 aromatic rings. The third-order valence-corrected chi connectivity index (χ3v) is 9.72. The highest BCUT2D eigenvalue weighted by atomic mass is 32.3. The minimum atomic E-state index is -1.00. The molecule has 0 saturated carbocycles. The Morgan fingerprint density at radius 1 is 1.20 bits per heavy atom. The van der Waals surface area contributed by atoms with Crippen molar-refractivity contribution in [3.8, 4) is 0 Å². The highest BCUT2D eigenvalue weighted by molar-refractivity contribution is 8.45. The summed E-state index contributed by atoms with van der Waals surface area (Å²) in [6.07, 6.45) is 14.5. The summed E-state index contributed by atoms with van der Waals surface area (Å²) in [5, 5.41) is 3.21. The van der Waals surface area contributed by atoms with Gasteiger partial charge in [0.1, 0.15) is 5.84 Å². The molecule has 0 bridgehead atoms. The van der Waals surface area contributed by atoms with E-state index >= 15 is 0 Å². The first-order valence-corrected chi connectivity index (χ1v) is 12.8. The molecule has 1 fully saturated rings. The Balaban J connectivity index is 1.50. The van der Waals surface area contributed by atoms with Gasteiger partial charge in [0, 0.05) is 13.5 Å². The third kappa shape index (κ3) is 4.26. The summed E-state index contributed by atoms with van der Waals surface area (Å²) >= 11 is 0. The Bertz CT molecular complexity index is 961. The van der Waals surface area contributed by atoms with Crippen LogP contribution in [0.15, 0.2) is 93.4 Å². The molecule has 0 spiro atoms. The summed E-state index contributed by atoms with van der Waals surface area (Å²) in [5.41, 5.74) is 7.75. The van der Waals surface area contributed by atoms with Crippen molar-refractivity contribution in [2.75, 3.05) is 18.6 Å². The number of allylic oxidation sites excluding steroid dienone is 5. The molecule has 4 heteroatoms. The molecule has 0 radical (unpaired) electrons. The van der Waals surface area contributed by atoms with Crippen molar-refractivity contribution < 1.29 is 0 Å². The van der Waals surface area contributed by atoms with Gasteiger partial charge in [-0.15, -0.1) is 0 Å². The number of amidine groups is 1. The van der Waals surface area contributed by atoms with Crippen LogP contribution < -0.4 is 5.43 Å². The number of aliphatic imine (C=N–C) groups is 1. The average Bonchev–Trinajstić information content (AvgIpc) is 3.57. The van der Waals surface area contributed by atoms with Gasteiger partial charge in [0.2, 0.25) is 0 Å². The second-order valence-corrected chi connectivity index (χ2v) is 11.8. The number of benzene rings is 1. The first kappa shape index (κ1) is 21.0. The molecule has 158 valence electrons. The maximum Gasteiger partial charge on any atom is 0.121 e. The molecule has 2 aliphatic heterocycles. The first-order chi connectivity index (χ1) is 14.5. The van der Waals surface area contributed by atoms with Crippen molar-refractivity contribution in [1.29, 1.82) is 0 Å². The van der Waals surface area contributed by atoms with E-state index in [9.17, 15) is 0 Å². The van der Waals surface area contributed by atoms with Crippen LogP contribution in [0.4, 0.5) is 0 Å². The molecule has 0 amide bonds. The van der Waals surface area contributed by atoms with Crippen molar-refractivity contribution in [2.24, 2.45) is 4.99 Å². The molecule has 1 aromatic carbocycles. The van der Waals surface area contributed by atoms with E-state index in [0.717, 1.165) is 30.1 Å². The molecular weight excluding hydrogens is 386 g/mol. The predicted molar refractivity (Wildman–Crippen MR) is 133 cm³/mol. The van der Waals surface area contributed by atoms with Crippen LogP contribution in [-0.2, 0) is 0 Å². The van der Waals surface area contributed by atoms with Crippen LogP contribution in [0, 0.1) is 0 Å². The highest BCUT2D eigenvalue weighted by Crippen LogP contribution is 2.73. The van der Waals surface area contributed by atoms with E-state index in [1.165, 1.54) is 33.1 Å². The van der Waals surface area contributed by atoms with E-state index in [1.807, 2.05) is 0 Å².